The van der Waals surface area contributed by atoms with Crippen molar-refractivity contribution in [3.63, 3.8) is 0 Å². The van der Waals surface area contributed by atoms with E-state index in [1.54, 1.807) is 0 Å². The number of ether oxygens (including phenoxy) is 3. The van der Waals surface area contributed by atoms with Gasteiger partial charge < -0.3 is 14.2 Å². The summed E-state index contributed by atoms with van der Waals surface area (Å²) < 4.78 is 16.0. The molecular formula is C21H29NO5. The molecule has 1 heterocycles. The molecule has 0 aliphatic carbocycles. The van der Waals surface area contributed by atoms with Gasteiger partial charge in [0, 0.05) is 6.54 Å². The highest BCUT2D eigenvalue weighted by molar-refractivity contribution is 5.84. The highest BCUT2D eigenvalue weighted by atomic mass is 16.6. The molecule has 0 saturated heterocycles. The number of carbonyl (C=O) groups excluding carboxylic acids is 2. The first-order valence-corrected chi connectivity index (χ1v) is 9.23. The van der Waals surface area contributed by atoms with E-state index in [1.807, 2.05) is 52.0 Å². The summed E-state index contributed by atoms with van der Waals surface area (Å²) in [6.45, 7) is 9.17. The molecule has 0 fully saturated rings. The molecule has 1 aliphatic heterocycles. The second-order valence-corrected chi connectivity index (χ2v) is 7.29. The number of hydrogen-bond donors (Lipinski definition) is 0. The molecule has 0 N–H and O–H groups in total. The Balaban J connectivity index is 2.23. The first-order valence-electron chi connectivity index (χ1n) is 9.23. The monoisotopic (exact) mass is 375 g/mol. The van der Waals surface area contributed by atoms with Gasteiger partial charge in [-0.3, -0.25) is 4.90 Å². The predicted octanol–water partition coefficient (Wildman–Crippen LogP) is 3.90. The first-order chi connectivity index (χ1) is 12.8. The number of amides is 1. The Morgan fingerprint density at radius 1 is 1.30 bits per heavy atom. The van der Waals surface area contributed by atoms with Crippen LogP contribution in [0.4, 0.5) is 4.79 Å². The van der Waals surface area contributed by atoms with Gasteiger partial charge in [0.2, 0.25) is 0 Å². The Kier molecular flexibility index (Phi) is 7.28. The molecule has 27 heavy (non-hydrogen) atoms. The summed E-state index contributed by atoms with van der Waals surface area (Å²) in [5, 5.41) is 0. The van der Waals surface area contributed by atoms with Crippen molar-refractivity contribution in [3.05, 3.63) is 41.0 Å². The van der Waals surface area contributed by atoms with Crippen molar-refractivity contribution in [1.29, 1.82) is 0 Å². The highest BCUT2D eigenvalue weighted by Crippen LogP contribution is 2.33. The highest BCUT2D eigenvalue weighted by Gasteiger charge is 2.37. The predicted molar refractivity (Wildman–Crippen MR) is 103 cm³/mol. The fourth-order valence-electron chi connectivity index (χ4n) is 2.88. The number of rotatable bonds is 6. The third kappa shape index (κ3) is 5.49. The molecule has 1 amide bonds. The number of methoxy groups -OCH3 is 1. The summed E-state index contributed by atoms with van der Waals surface area (Å²) in [5.41, 5.74) is 2.92. The zero-order valence-electron chi connectivity index (χ0n) is 16.8. The molecule has 0 spiro atoms. The standard InChI is InChI=1S/C21H29NO5/c1-14(2)9-11-26-17-6-7-18-16(12-17)8-10-22(19(18)20(23)25-5)21(24)27-13-15(3)4/h6-7,9,12,15,19H,8,10-11,13H2,1-5H3. The molecule has 6 heteroatoms. The number of fused-ring (bicyclic) bond motifs is 1. The van der Waals surface area contributed by atoms with Crippen LogP contribution in [0.2, 0.25) is 0 Å². The van der Waals surface area contributed by atoms with Crippen LogP contribution in [0.25, 0.3) is 0 Å². The number of carbonyl (C=O) groups is 2. The van der Waals surface area contributed by atoms with Crippen LogP contribution < -0.4 is 4.74 Å². The van der Waals surface area contributed by atoms with Crippen LogP contribution in [-0.4, -0.2) is 43.8 Å². The number of hydrogen-bond acceptors (Lipinski definition) is 5. The average Bonchev–Trinajstić information content (AvgIpc) is 2.64. The largest absolute Gasteiger partial charge is 0.490 e. The molecular weight excluding hydrogens is 346 g/mol. The van der Waals surface area contributed by atoms with E-state index in [0.29, 0.717) is 26.2 Å². The SMILES string of the molecule is COC(=O)C1c2ccc(OCC=C(C)C)cc2CCN1C(=O)OCC(C)C. The smallest absolute Gasteiger partial charge is 0.410 e. The second-order valence-electron chi connectivity index (χ2n) is 7.29. The summed E-state index contributed by atoms with van der Waals surface area (Å²) in [6, 6.07) is 4.78. The molecule has 0 saturated carbocycles. The van der Waals surface area contributed by atoms with Gasteiger partial charge in [0.15, 0.2) is 6.04 Å². The quantitative estimate of drug-likeness (QED) is 0.557. The minimum atomic E-state index is -0.801. The molecule has 0 aromatic heterocycles. The second kappa shape index (κ2) is 9.44. The van der Waals surface area contributed by atoms with Crippen LogP contribution in [0.5, 0.6) is 5.75 Å². The van der Waals surface area contributed by atoms with Crippen molar-refractivity contribution < 1.29 is 23.8 Å². The van der Waals surface area contributed by atoms with Gasteiger partial charge in [-0.15, -0.1) is 0 Å². The Bertz CT molecular complexity index is 707. The lowest BCUT2D eigenvalue weighted by Gasteiger charge is -2.35. The van der Waals surface area contributed by atoms with Crippen molar-refractivity contribution in [3.8, 4) is 5.75 Å². The van der Waals surface area contributed by atoms with E-state index >= 15 is 0 Å². The number of nitrogens with zero attached hydrogens (tertiary/aromatic N) is 1. The maximum Gasteiger partial charge on any atom is 0.410 e. The zero-order valence-corrected chi connectivity index (χ0v) is 16.8. The third-order valence-corrected chi connectivity index (χ3v) is 4.28. The maximum atomic E-state index is 12.5. The molecule has 1 atom stereocenters. The number of esters is 1. The Morgan fingerprint density at radius 2 is 2.04 bits per heavy atom. The molecule has 1 unspecified atom stereocenters. The Morgan fingerprint density at radius 3 is 2.67 bits per heavy atom. The van der Waals surface area contributed by atoms with Gasteiger partial charge in [-0.1, -0.05) is 25.5 Å². The number of benzene rings is 1. The fourth-order valence-corrected chi connectivity index (χ4v) is 2.88. The van der Waals surface area contributed by atoms with Gasteiger partial charge in [0.1, 0.15) is 12.4 Å². The fraction of sp³-hybridized carbons (Fsp3) is 0.524. The lowest BCUT2D eigenvalue weighted by atomic mass is 9.92. The van der Waals surface area contributed by atoms with E-state index in [9.17, 15) is 9.59 Å². The molecule has 6 nitrogen and oxygen atoms in total. The maximum absolute atomic E-state index is 12.5. The third-order valence-electron chi connectivity index (χ3n) is 4.28. The molecule has 0 radical (unpaired) electrons. The van der Waals surface area contributed by atoms with Crippen molar-refractivity contribution in [1.82, 2.24) is 4.90 Å². The minimum Gasteiger partial charge on any atom is -0.490 e. The normalized spacial score (nSPS) is 15.8. The average molecular weight is 375 g/mol. The van der Waals surface area contributed by atoms with Crippen LogP contribution in [0, 0.1) is 5.92 Å². The first kappa shape index (κ1) is 20.8. The molecule has 2 rings (SSSR count). The van der Waals surface area contributed by atoms with Crippen LogP contribution in [0.3, 0.4) is 0 Å². The number of allylic oxidation sites excluding steroid dienone is 1. The van der Waals surface area contributed by atoms with E-state index in [4.69, 9.17) is 14.2 Å². The van der Waals surface area contributed by atoms with Gasteiger partial charge in [-0.25, -0.2) is 9.59 Å². The van der Waals surface area contributed by atoms with Gasteiger partial charge in [-0.05, 0) is 55.5 Å². The summed E-state index contributed by atoms with van der Waals surface area (Å²) in [7, 11) is 1.32. The van der Waals surface area contributed by atoms with E-state index in [2.05, 4.69) is 0 Å². The Labute approximate surface area is 161 Å². The molecule has 148 valence electrons. The van der Waals surface area contributed by atoms with E-state index in [0.717, 1.165) is 16.9 Å². The summed E-state index contributed by atoms with van der Waals surface area (Å²) >= 11 is 0. The van der Waals surface area contributed by atoms with Crippen LogP contribution in [-0.2, 0) is 20.7 Å². The van der Waals surface area contributed by atoms with Crippen LogP contribution in [0.1, 0.15) is 44.9 Å². The molecule has 1 aliphatic rings. The van der Waals surface area contributed by atoms with Crippen LogP contribution in [0.15, 0.2) is 29.8 Å². The Hall–Kier alpha value is -2.50. The zero-order chi connectivity index (χ0) is 20.0. The summed E-state index contributed by atoms with van der Waals surface area (Å²) in [5.74, 6) is 0.490. The van der Waals surface area contributed by atoms with Crippen molar-refractivity contribution in [2.45, 2.75) is 40.2 Å². The van der Waals surface area contributed by atoms with Gasteiger partial charge >= 0.3 is 12.1 Å². The van der Waals surface area contributed by atoms with Crippen molar-refractivity contribution in [2.75, 3.05) is 26.9 Å². The summed E-state index contributed by atoms with van der Waals surface area (Å²) in [4.78, 5) is 26.3. The van der Waals surface area contributed by atoms with Crippen molar-refractivity contribution >= 4 is 12.1 Å². The topological polar surface area (TPSA) is 65.1 Å². The van der Waals surface area contributed by atoms with E-state index < -0.39 is 18.1 Å². The van der Waals surface area contributed by atoms with E-state index in [1.165, 1.54) is 17.6 Å². The molecule has 0 bridgehead atoms. The summed E-state index contributed by atoms with van der Waals surface area (Å²) in [6.07, 6.45) is 2.14. The van der Waals surface area contributed by atoms with Gasteiger partial charge in [0.25, 0.3) is 0 Å². The van der Waals surface area contributed by atoms with Crippen LogP contribution >= 0.6 is 0 Å². The molecule has 1 aromatic rings. The molecule has 1 aromatic carbocycles. The lowest BCUT2D eigenvalue weighted by Crippen LogP contribution is -2.44. The van der Waals surface area contributed by atoms with Crippen molar-refractivity contribution in [2.24, 2.45) is 5.92 Å². The minimum absolute atomic E-state index is 0.225. The lowest BCUT2D eigenvalue weighted by molar-refractivity contribution is -0.147. The van der Waals surface area contributed by atoms with E-state index in [-0.39, 0.29) is 5.92 Å². The van der Waals surface area contributed by atoms with Gasteiger partial charge in [0.05, 0.1) is 13.7 Å². The van der Waals surface area contributed by atoms with Gasteiger partial charge in [-0.2, -0.15) is 0 Å².